The van der Waals surface area contributed by atoms with Gasteiger partial charge in [-0.25, -0.2) is 0 Å². The van der Waals surface area contributed by atoms with E-state index in [9.17, 15) is 0 Å². The number of nitrogens with zero attached hydrogens (tertiary/aromatic N) is 1. The second-order valence-corrected chi connectivity index (χ2v) is 5.22. The lowest BCUT2D eigenvalue weighted by Crippen LogP contribution is -2.41. The first-order valence-corrected chi connectivity index (χ1v) is 7.14. The molecule has 90 valence electrons. The summed E-state index contributed by atoms with van der Waals surface area (Å²) in [6, 6.07) is 4.64. The highest BCUT2D eigenvalue weighted by molar-refractivity contribution is 7.99. The Balaban J connectivity index is 1.98. The van der Waals surface area contributed by atoms with Crippen LogP contribution in [0.5, 0.6) is 0 Å². The Labute approximate surface area is 102 Å². The quantitative estimate of drug-likeness (QED) is 0.849. The highest BCUT2D eigenvalue weighted by atomic mass is 32.2. The first kappa shape index (κ1) is 12.0. The van der Waals surface area contributed by atoms with E-state index in [4.69, 9.17) is 4.42 Å². The van der Waals surface area contributed by atoms with Crippen molar-refractivity contribution in [3.63, 3.8) is 0 Å². The molecule has 0 radical (unpaired) electrons. The van der Waals surface area contributed by atoms with E-state index >= 15 is 0 Å². The minimum atomic E-state index is 0.630. The van der Waals surface area contributed by atoms with Gasteiger partial charge in [0.15, 0.2) is 0 Å². The molecule has 1 aliphatic rings. The van der Waals surface area contributed by atoms with Crippen molar-refractivity contribution in [3.05, 3.63) is 24.2 Å². The maximum atomic E-state index is 5.43. The van der Waals surface area contributed by atoms with Crippen molar-refractivity contribution in [2.75, 3.05) is 25.9 Å². The Hall–Kier alpha value is -0.450. The Morgan fingerprint density at radius 3 is 3.06 bits per heavy atom. The lowest BCUT2D eigenvalue weighted by molar-refractivity contribution is 0.197. The average Bonchev–Trinajstić information content (AvgIpc) is 2.96. The van der Waals surface area contributed by atoms with Crippen LogP contribution in [0.2, 0.25) is 0 Å². The number of nitrogens with one attached hydrogen (secondary N) is 1. The van der Waals surface area contributed by atoms with Gasteiger partial charge in [0.2, 0.25) is 0 Å². The number of likely N-dealkylation sites (N-methyl/N-ethyl adjacent to an activating group) is 1. The summed E-state index contributed by atoms with van der Waals surface area (Å²) in [4.78, 5) is 2.50. The van der Waals surface area contributed by atoms with Crippen LogP contribution >= 0.6 is 11.8 Å². The molecule has 1 saturated heterocycles. The number of hydrogen-bond acceptors (Lipinski definition) is 4. The number of thioether (sulfide) groups is 1. The first-order chi connectivity index (χ1) is 7.85. The van der Waals surface area contributed by atoms with Crippen LogP contribution in [0.4, 0.5) is 0 Å². The van der Waals surface area contributed by atoms with Crippen LogP contribution in [0.1, 0.15) is 12.7 Å². The van der Waals surface area contributed by atoms with Crippen molar-refractivity contribution >= 4 is 11.8 Å². The van der Waals surface area contributed by atoms with Gasteiger partial charge in [0.1, 0.15) is 5.76 Å². The Kier molecular flexibility index (Phi) is 4.32. The molecule has 1 aromatic heterocycles. The van der Waals surface area contributed by atoms with Crippen LogP contribution in [0, 0.1) is 0 Å². The SMILES string of the molecule is CCN(Cc1ccco1)C1CNCC1SC. The third-order valence-corrected chi connectivity index (χ3v) is 4.33. The van der Waals surface area contributed by atoms with Crippen LogP contribution in [0.3, 0.4) is 0 Å². The Morgan fingerprint density at radius 2 is 2.44 bits per heavy atom. The maximum absolute atomic E-state index is 5.43. The van der Waals surface area contributed by atoms with Crippen molar-refractivity contribution < 1.29 is 4.42 Å². The molecule has 0 bridgehead atoms. The van der Waals surface area contributed by atoms with Crippen LogP contribution in [0.25, 0.3) is 0 Å². The fourth-order valence-electron chi connectivity index (χ4n) is 2.31. The molecule has 0 saturated carbocycles. The third kappa shape index (κ3) is 2.62. The predicted molar refractivity (Wildman–Crippen MR) is 68.8 cm³/mol. The molecule has 4 heteroatoms. The molecule has 1 N–H and O–H groups in total. The zero-order valence-corrected chi connectivity index (χ0v) is 10.8. The van der Waals surface area contributed by atoms with E-state index < -0.39 is 0 Å². The van der Waals surface area contributed by atoms with Crippen LogP contribution < -0.4 is 5.32 Å². The average molecular weight is 240 g/mol. The van der Waals surface area contributed by atoms with E-state index in [1.807, 2.05) is 17.8 Å². The molecule has 0 aliphatic carbocycles. The summed E-state index contributed by atoms with van der Waals surface area (Å²) < 4.78 is 5.43. The van der Waals surface area contributed by atoms with Crippen molar-refractivity contribution in [3.8, 4) is 0 Å². The summed E-state index contributed by atoms with van der Waals surface area (Å²) in [5.74, 6) is 1.06. The first-order valence-electron chi connectivity index (χ1n) is 5.85. The molecule has 3 nitrogen and oxygen atoms in total. The summed E-state index contributed by atoms with van der Waals surface area (Å²) >= 11 is 1.96. The normalized spacial score (nSPS) is 25.4. The van der Waals surface area contributed by atoms with E-state index in [0.29, 0.717) is 11.3 Å². The second-order valence-electron chi connectivity index (χ2n) is 4.14. The fourth-order valence-corrected chi connectivity index (χ4v) is 3.18. The van der Waals surface area contributed by atoms with Gasteiger partial charge in [0.25, 0.3) is 0 Å². The Morgan fingerprint density at radius 1 is 1.56 bits per heavy atom. The summed E-state index contributed by atoms with van der Waals surface area (Å²) in [6.45, 7) is 6.44. The zero-order chi connectivity index (χ0) is 11.4. The molecule has 0 spiro atoms. The van der Waals surface area contributed by atoms with Crippen LogP contribution in [-0.4, -0.2) is 42.1 Å². The van der Waals surface area contributed by atoms with Gasteiger partial charge in [-0.05, 0) is 24.9 Å². The minimum Gasteiger partial charge on any atom is -0.468 e. The van der Waals surface area contributed by atoms with E-state index in [-0.39, 0.29) is 0 Å². The zero-order valence-electron chi connectivity index (χ0n) is 9.98. The molecule has 2 rings (SSSR count). The molecule has 2 heterocycles. The van der Waals surface area contributed by atoms with Crippen molar-refractivity contribution in [2.45, 2.75) is 24.8 Å². The van der Waals surface area contributed by atoms with Crippen LogP contribution in [-0.2, 0) is 6.54 Å². The van der Waals surface area contributed by atoms with Crippen molar-refractivity contribution in [1.29, 1.82) is 0 Å². The standard InChI is InChI=1S/C12H20N2OS/c1-3-14(9-10-5-4-6-15-10)11-7-13-8-12(11)16-2/h4-6,11-13H,3,7-9H2,1-2H3. The van der Waals surface area contributed by atoms with Gasteiger partial charge >= 0.3 is 0 Å². The van der Waals surface area contributed by atoms with Gasteiger partial charge in [-0.2, -0.15) is 11.8 Å². The van der Waals surface area contributed by atoms with Gasteiger partial charge in [-0.3, -0.25) is 4.90 Å². The molecule has 1 fully saturated rings. The van der Waals surface area contributed by atoms with E-state index in [1.54, 1.807) is 6.26 Å². The highest BCUT2D eigenvalue weighted by Crippen LogP contribution is 2.21. The van der Waals surface area contributed by atoms with Gasteiger partial charge < -0.3 is 9.73 Å². The molecular formula is C12H20N2OS. The van der Waals surface area contributed by atoms with Crippen molar-refractivity contribution in [1.82, 2.24) is 10.2 Å². The molecule has 16 heavy (non-hydrogen) atoms. The molecule has 2 unspecified atom stereocenters. The predicted octanol–water partition coefficient (Wildman–Crippen LogP) is 1.80. The third-order valence-electron chi connectivity index (χ3n) is 3.25. The second kappa shape index (κ2) is 5.75. The van der Waals surface area contributed by atoms with Gasteiger partial charge in [-0.15, -0.1) is 0 Å². The topological polar surface area (TPSA) is 28.4 Å². The summed E-state index contributed by atoms with van der Waals surface area (Å²) in [5.41, 5.74) is 0. The Bertz CT molecular complexity index is 302. The van der Waals surface area contributed by atoms with E-state index in [2.05, 4.69) is 29.5 Å². The molecule has 2 atom stereocenters. The minimum absolute atomic E-state index is 0.630. The smallest absolute Gasteiger partial charge is 0.117 e. The monoisotopic (exact) mass is 240 g/mol. The van der Waals surface area contributed by atoms with E-state index in [1.165, 1.54) is 0 Å². The van der Waals surface area contributed by atoms with Crippen molar-refractivity contribution in [2.24, 2.45) is 0 Å². The summed E-state index contributed by atoms with van der Waals surface area (Å²) in [7, 11) is 0. The number of furan rings is 1. The number of hydrogen-bond donors (Lipinski definition) is 1. The lowest BCUT2D eigenvalue weighted by atomic mass is 10.2. The largest absolute Gasteiger partial charge is 0.468 e. The molecule has 1 aromatic rings. The molecule has 1 aliphatic heterocycles. The van der Waals surface area contributed by atoms with Gasteiger partial charge in [0.05, 0.1) is 12.8 Å². The summed E-state index contributed by atoms with van der Waals surface area (Å²) in [5, 5.41) is 4.18. The number of rotatable bonds is 5. The molecule has 0 amide bonds. The highest BCUT2D eigenvalue weighted by Gasteiger charge is 2.30. The van der Waals surface area contributed by atoms with Gasteiger partial charge in [0, 0.05) is 24.4 Å². The fraction of sp³-hybridized carbons (Fsp3) is 0.667. The molecular weight excluding hydrogens is 220 g/mol. The van der Waals surface area contributed by atoms with E-state index in [0.717, 1.165) is 31.9 Å². The molecule has 0 aromatic carbocycles. The van der Waals surface area contributed by atoms with Crippen LogP contribution in [0.15, 0.2) is 22.8 Å². The van der Waals surface area contributed by atoms with Gasteiger partial charge in [-0.1, -0.05) is 6.92 Å². The lowest BCUT2D eigenvalue weighted by Gasteiger charge is -2.29. The maximum Gasteiger partial charge on any atom is 0.117 e. The summed E-state index contributed by atoms with van der Waals surface area (Å²) in [6.07, 6.45) is 3.95.